The third kappa shape index (κ3) is 4.97. The molecule has 1 rings (SSSR count). The van der Waals surface area contributed by atoms with E-state index in [2.05, 4.69) is 16.9 Å². The van der Waals surface area contributed by atoms with E-state index in [9.17, 15) is 4.79 Å². The zero-order valence-corrected chi connectivity index (χ0v) is 11.4. The minimum atomic E-state index is -0.357. The Morgan fingerprint density at radius 1 is 1.58 bits per heavy atom. The molecule has 100 valence electrons. The van der Waals surface area contributed by atoms with E-state index in [1.54, 1.807) is 18.2 Å². The molecule has 0 spiro atoms. The molecule has 3 N–H and O–H groups in total. The van der Waals surface area contributed by atoms with Gasteiger partial charge in [-0.3, -0.25) is 10.1 Å². The summed E-state index contributed by atoms with van der Waals surface area (Å²) in [5.74, 6) is -0.296. The van der Waals surface area contributed by atoms with Gasteiger partial charge in [0.05, 0.1) is 6.54 Å². The first-order valence-corrected chi connectivity index (χ1v) is 6.07. The van der Waals surface area contributed by atoms with E-state index in [1.807, 2.05) is 19.1 Å². The summed E-state index contributed by atoms with van der Waals surface area (Å²) in [5, 5.41) is 3.03. The fourth-order valence-electron chi connectivity index (χ4n) is 1.39. The SMILES string of the molecule is C=CCN=C(N)NC(=O)C=Cc1c(C)cccc1Cl. The van der Waals surface area contributed by atoms with Crippen LogP contribution in [0.15, 0.2) is 41.9 Å². The maximum atomic E-state index is 11.6. The van der Waals surface area contributed by atoms with Crippen molar-refractivity contribution in [3.05, 3.63) is 53.1 Å². The first-order chi connectivity index (χ1) is 9.04. The van der Waals surface area contributed by atoms with Gasteiger partial charge in [0.25, 0.3) is 5.91 Å². The summed E-state index contributed by atoms with van der Waals surface area (Å²) in [6.45, 7) is 5.78. The second kappa shape index (κ2) is 7.38. The van der Waals surface area contributed by atoms with Crippen LogP contribution >= 0.6 is 11.6 Å². The van der Waals surface area contributed by atoms with Crippen molar-refractivity contribution in [2.75, 3.05) is 6.54 Å². The van der Waals surface area contributed by atoms with E-state index in [-0.39, 0.29) is 11.9 Å². The Morgan fingerprint density at radius 2 is 2.32 bits per heavy atom. The van der Waals surface area contributed by atoms with E-state index < -0.39 is 0 Å². The van der Waals surface area contributed by atoms with Gasteiger partial charge in [-0.2, -0.15) is 0 Å². The monoisotopic (exact) mass is 277 g/mol. The zero-order chi connectivity index (χ0) is 14.3. The standard InChI is InChI=1S/C14H16ClN3O/c1-3-9-17-14(16)18-13(19)8-7-11-10(2)5-4-6-12(11)15/h3-8H,1,9H2,2H3,(H3,16,17,18,19). The molecule has 1 aromatic carbocycles. The number of carbonyl (C=O) groups excluding carboxylic acids is 1. The van der Waals surface area contributed by atoms with Crippen LogP contribution in [0.4, 0.5) is 0 Å². The number of aryl methyl sites for hydroxylation is 1. The van der Waals surface area contributed by atoms with Crippen molar-refractivity contribution in [2.45, 2.75) is 6.92 Å². The molecular formula is C14H16ClN3O. The Kier molecular flexibility index (Phi) is 5.82. The highest BCUT2D eigenvalue weighted by Crippen LogP contribution is 2.20. The van der Waals surface area contributed by atoms with Gasteiger partial charge in [-0.25, -0.2) is 4.99 Å². The van der Waals surface area contributed by atoms with Crippen LogP contribution < -0.4 is 11.1 Å². The van der Waals surface area contributed by atoms with Crippen LogP contribution in [0.1, 0.15) is 11.1 Å². The second-order valence-corrected chi connectivity index (χ2v) is 4.21. The number of benzene rings is 1. The summed E-state index contributed by atoms with van der Waals surface area (Å²) in [6.07, 6.45) is 4.60. The number of hydrogen-bond donors (Lipinski definition) is 2. The fraction of sp³-hybridized carbons (Fsp3) is 0.143. The lowest BCUT2D eigenvalue weighted by Gasteiger charge is -2.03. The Balaban J connectivity index is 2.71. The molecule has 0 atom stereocenters. The highest BCUT2D eigenvalue weighted by molar-refractivity contribution is 6.32. The summed E-state index contributed by atoms with van der Waals surface area (Å²) in [4.78, 5) is 15.4. The average Bonchev–Trinajstić information content (AvgIpc) is 2.35. The highest BCUT2D eigenvalue weighted by atomic mass is 35.5. The Hall–Kier alpha value is -2.07. The molecule has 0 aliphatic heterocycles. The summed E-state index contributed by atoms with van der Waals surface area (Å²) in [5.41, 5.74) is 7.30. The van der Waals surface area contributed by atoms with Crippen LogP contribution in [0, 0.1) is 6.92 Å². The van der Waals surface area contributed by atoms with Crippen molar-refractivity contribution in [2.24, 2.45) is 10.7 Å². The molecule has 1 aromatic rings. The quantitative estimate of drug-likeness (QED) is 0.384. The van der Waals surface area contributed by atoms with Gasteiger partial charge in [0.1, 0.15) is 0 Å². The third-order valence-corrected chi connectivity index (χ3v) is 2.64. The molecule has 0 aliphatic rings. The summed E-state index contributed by atoms with van der Waals surface area (Å²) >= 11 is 6.04. The Bertz CT molecular complexity index is 515. The molecule has 5 heteroatoms. The minimum Gasteiger partial charge on any atom is -0.370 e. The smallest absolute Gasteiger partial charge is 0.250 e. The van der Waals surface area contributed by atoms with Gasteiger partial charge in [0.15, 0.2) is 5.96 Å². The minimum absolute atomic E-state index is 0.0606. The van der Waals surface area contributed by atoms with E-state index in [4.69, 9.17) is 17.3 Å². The van der Waals surface area contributed by atoms with Crippen molar-refractivity contribution in [3.63, 3.8) is 0 Å². The van der Waals surface area contributed by atoms with Crippen molar-refractivity contribution in [1.82, 2.24) is 5.32 Å². The molecule has 1 amide bonds. The van der Waals surface area contributed by atoms with Gasteiger partial charge in [0.2, 0.25) is 0 Å². The number of halogens is 1. The first-order valence-electron chi connectivity index (χ1n) is 5.69. The predicted octanol–water partition coefficient (Wildman–Crippen LogP) is 2.28. The average molecular weight is 278 g/mol. The van der Waals surface area contributed by atoms with Crippen LogP contribution in [0.5, 0.6) is 0 Å². The van der Waals surface area contributed by atoms with Gasteiger partial charge < -0.3 is 5.73 Å². The number of hydrogen-bond acceptors (Lipinski definition) is 2. The summed E-state index contributed by atoms with van der Waals surface area (Å²) in [6, 6.07) is 5.55. The number of rotatable bonds is 4. The lowest BCUT2D eigenvalue weighted by molar-refractivity contribution is -0.115. The van der Waals surface area contributed by atoms with Gasteiger partial charge in [0, 0.05) is 11.1 Å². The molecule has 0 unspecified atom stereocenters. The van der Waals surface area contributed by atoms with Gasteiger partial charge in [-0.15, -0.1) is 6.58 Å². The molecule has 0 fully saturated rings. The van der Waals surface area contributed by atoms with E-state index in [1.165, 1.54) is 6.08 Å². The predicted molar refractivity (Wildman–Crippen MR) is 80.1 cm³/mol. The van der Waals surface area contributed by atoms with Gasteiger partial charge in [-0.05, 0) is 30.2 Å². The van der Waals surface area contributed by atoms with E-state index in [0.29, 0.717) is 11.6 Å². The third-order valence-electron chi connectivity index (χ3n) is 2.31. The van der Waals surface area contributed by atoms with Crippen LogP contribution in [0.3, 0.4) is 0 Å². The van der Waals surface area contributed by atoms with Crippen LogP contribution in [0.2, 0.25) is 5.02 Å². The molecule has 4 nitrogen and oxygen atoms in total. The first kappa shape index (κ1) is 15.0. The largest absolute Gasteiger partial charge is 0.370 e. The van der Waals surface area contributed by atoms with E-state index >= 15 is 0 Å². The number of guanidine groups is 1. The molecule has 0 saturated heterocycles. The fourth-order valence-corrected chi connectivity index (χ4v) is 1.67. The molecule has 0 saturated carbocycles. The number of nitrogens with zero attached hydrogens (tertiary/aromatic N) is 1. The molecular weight excluding hydrogens is 262 g/mol. The normalized spacial score (nSPS) is 11.6. The number of nitrogens with one attached hydrogen (secondary N) is 1. The number of carbonyl (C=O) groups is 1. The highest BCUT2D eigenvalue weighted by Gasteiger charge is 2.01. The maximum Gasteiger partial charge on any atom is 0.250 e. The number of amides is 1. The van der Waals surface area contributed by atoms with Crippen molar-refractivity contribution in [3.8, 4) is 0 Å². The maximum absolute atomic E-state index is 11.6. The van der Waals surface area contributed by atoms with Crippen molar-refractivity contribution >= 4 is 29.5 Å². The molecule has 19 heavy (non-hydrogen) atoms. The van der Waals surface area contributed by atoms with E-state index in [0.717, 1.165) is 11.1 Å². The summed E-state index contributed by atoms with van der Waals surface area (Å²) in [7, 11) is 0. The Labute approximate surface area is 117 Å². The van der Waals surface area contributed by atoms with Crippen LogP contribution in [-0.2, 0) is 4.79 Å². The second-order valence-electron chi connectivity index (χ2n) is 3.81. The number of nitrogens with two attached hydrogens (primary N) is 1. The molecule has 0 aliphatic carbocycles. The zero-order valence-electron chi connectivity index (χ0n) is 10.7. The Morgan fingerprint density at radius 3 is 2.95 bits per heavy atom. The molecule has 0 aromatic heterocycles. The van der Waals surface area contributed by atoms with Crippen molar-refractivity contribution < 1.29 is 4.79 Å². The van der Waals surface area contributed by atoms with Gasteiger partial charge in [-0.1, -0.05) is 29.8 Å². The van der Waals surface area contributed by atoms with Crippen LogP contribution in [-0.4, -0.2) is 18.4 Å². The molecule has 0 bridgehead atoms. The van der Waals surface area contributed by atoms with Crippen LogP contribution in [0.25, 0.3) is 6.08 Å². The lowest BCUT2D eigenvalue weighted by atomic mass is 10.1. The summed E-state index contributed by atoms with van der Waals surface area (Å²) < 4.78 is 0. The molecule has 0 heterocycles. The molecule has 0 radical (unpaired) electrons. The lowest BCUT2D eigenvalue weighted by Crippen LogP contribution is -2.35. The van der Waals surface area contributed by atoms with Crippen molar-refractivity contribution in [1.29, 1.82) is 0 Å². The topological polar surface area (TPSA) is 67.5 Å². The number of aliphatic imine (C=N–C) groups is 1. The van der Waals surface area contributed by atoms with Gasteiger partial charge >= 0.3 is 0 Å².